The number of carbonyl (C=O) groups is 1. The molecule has 0 heterocycles. The van der Waals surface area contributed by atoms with Gasteiger partial charge in [-0.15, -0.1) is 0 Å². The molecule has 0 saturated heterocycles. The van der Waals surface area contributed by atoms with E-state index >= 15 is 0 Å². The number of methoxy groups -OCH3 is 1. The average Bonchev–Trinajstić information content (AvgIpc) is 2.35. The van der Waals surface area contributed by atoms with Crippen molar-refractivity contribution in [3.05, 3.63) is 28.2 Å². The van der Waals surface area contributed by atoms with Gasteiger partial charge in [-0.1, -0.05) is 29.3 Å². The number of halogens is 1. The van der Waals surface area contributed by atoms with Gasteiger partial charge in [-0.25, -0.2) is 0 Å². The first-order valence-electron chi connectivity index (χ1n) is 6.40. The first-order valence-corrected chi connectivity index (χ1v) is 7.19. The molecule has 5 heteroatoms. The Labute approximate surface area is 123 Å². The summed E-state index contributed by atoms with van der Waals surface area (Å²) in [6.07, 6.45) is 2.13. The van der Waals surface area contributed by atoms with Crippen molar-refractivity contribution in [3.8, 4) is 5.75 Å². The maximum absolute atomic E-state index is 11.1. The summed E-state index contributed by atoms with van der Waals surface area (Å²) in [6.45, 7) is 3.92. The predicted molar refractivity (Wildman–Crippen MR) is 80.1 cm³/mol. The van der Waals surface area contributed by atoms with Gasteiger partial charge in [-0.3, -0.25) is 9.69 Å². The Morgan fingerprint density at radius 1 is 1.47 bits per heavy atom. The molecule has 19 heavy (non-hydrogen) atoms. The number of benzene rings is 1. The molecule has 0 atom stereocenters. The van der Waals surface area contributed by atoms with E-state index in [-0.39, 0.29) is 12.5 Å². The fraction of sp³-hybridized carbons (Fsp3) is 0.500. The Balaban J connectivity index is 2.81. The van der Waals surface area contributed by atoms with Crippen LogP contribution in [-0.4, -0.2) is 31.0 Å². The van der Waals surface area contributed by atoms with Crippen molar-refractivity contribution in [2.75, 3.05) is 20.2 Å². The van der Waals surface area contributed by atoms with Gasteiger partial charge in [0.1, 0.15) is 5.75 Å². The van der Waals surface area contributed by atoms with Crippen molar-refractivity contribution in [2.45, 2.75) is 26.3 Å². The van der Waals surface area contributed by atoms with Crippen molar-refractivity contribution in [1.82, 2.24) is 4.90 Å². The summed E-state index contributed by atoms with van der Waals surface area (Å²) in [4.78, 5) is 13.2. The van der Waals surface area contributed by atoms with Gasteiger partial charge in [0, 0.05) is 16.6 Å². The highest BCUT2D eigenvalue weighted by Gasteiger charge is 2.12. The molecule has 0 radical (unpaired) electrons. The van der Waals surface area contributed by atoms with Gasteiger partial charge in [0.2, 0.25) is 5.91 Å². The minimum atomic E-state index is -0.301. The van der Waals surface area contributed by atoms with Gasteiger partial charge in [-0.05, 0) is 31.2 Å². The Kier molecular flexibility index (Phi) is 6.87. The molecule has 4 nitrogen and oxygen atoms in total. The molecule has 0 spiro atoms. The molecule has 106 valence electrons. The van der Waals surface area contributed by atoms with Crippen LogP contribution in [-0.2, 0) is 11.3 Å². The molecule has 0 saturated carbocycles. The summed E-state index contributed by atoms with van der Waals surface area (Å²) in [7, 11) is 1.65. The summed E-state index contributed by atoms with van der Waals surface area (Å²) in [5.41, 5.74) is 6.35. The molecule has 0 aliphatic carbocycles. The number of amides is 1. The quantitative estimate of drug-likeness (QED) is 0.797. The lowest BCUT2D eigenvalue weighted by Crippen LogP contribution is -2.34. The van der Waals surface area contributed by atoms with Crippen LogP contribution in [0.3, 0.4) is 0 Å². The second-order valence-corrected chi connectivity index (χ2v) is 5.40. The lowest BCUT2D eigenvalue weighted by molar-refractivity contribution is -0.119. The summed E-state index contributed by atoms with van der Waals surface area (Å²) >= 11 is 3.45. The molecule has 0 fully saturated rings. The normalized spacial score (nSPS) is 10.7. The maximum Gasteiger partial charge on any atom is 0.231 e. The number of primary amides is 1. The van der Waals surface area contributed by atoms with E-state index in [1.807, 2.05) is 18.2 Å². The summed E-state index contributed by atoms with van der Waals surface area (Å²) in [6, 6.07) is 5.87. The van der Waals surface area contributed by atoms with Crippen molar-refractivity contribution >= 4 is 21.8 Å². The average molecular weight is 329 g/mol. The molecular weight excluding hydrogens is 308 g/mol. The van der Waals surface area contributed by atoms with Crippen LogP contribution in [0, 0.1) is 0 Å². The predicted octanol–water partition coefficient (Wildman–Crippen LogP) is 2.55. The van der Waals surface area contributed by atoms with Gasteiger partial charge < -0.3 is 10.5 Å². The molecule has 1 aromatic carbocycles. The molecule has 0 aliphatic rings. The minimum Gasteiger partial charge on any atom is -0.496 e. The van der Waals surface area contributed by atoms with Gasteiger partial charge in [0.15, 0.2) is 0 Å². The number of nitrogens with two attached hydrogens (primary N) is 1. The van der Waals surface area contributed by atoms with E-state index in [0.717, 1.165) is 35.2 Å². The molecule has 0 aromatic heterocycles. The highest BCUT2D eigenvalue weighted by atomic mass is 79.9. The summed E-state index contributed by atoms with van der Waals surface area (Å²) < 4.78 is 6.34. The van der Waals surface area contributed by atoms with Crippen molar-refractivity contribution in [1.29, 1.82) is 0 Å². The number of ether oxygens (including phenoxy) is 1. The lowest BCUT2D eigenvalue weighted by Gasteiger charge is -2.21. The first kappa shape index (κ1) is 16.0. The summed E-state index contributed by atoms with van der Waals surface area (Å²) in [5.74, 6) is 0.527. The number of unbranched alkanes of at least 4 members (excludes halogenated alkanes) is 1. The van der Waals surface area contributed by atoms with E-state index in [0.29, 0.717) is 6.54 Å². The largest absolute Gasteiger partial charge is 0.496 e. The number of hydrogen-bond acceptors (Lipinski definition) is 3. The molecule has 2 N–H and O–H groups in total. The molecular formula is C14H21BrN2O2. The van der Waals surface area contributed by atoms with E-state index in [1.54, 1.807) is 7.11 Å². The third-order valence-electron chi connectivity index (χ3n) is 2.84. The SMILES string of the molecule is CCCCN(CC(N)=O)Cc1cc(Br)ccc1OC. The van der Waals surface area contributed by atoms with Crippen LogP contribution in [0.25, 0.3) is 0 Å². The van der Waals surface area contributed by atoms with Crippen LogP contribution in [0.2, 0.25) is 0 Å². The van der Waals surface area contributed by atoms with E-state index in [9.17, 15) is 4.79 Å². The van der Waals surface area contributed by atoms with Crippen LogP contribution >= 0.6 is 15.9 Å². The molecule has 0 aliphatic heterocycles. The Hall–Kier alpha value is -1.07. The minimum absolute atomic E-state index is 0.273. The van der Waals surface area contributed by atoms with Gasteiger partial charge in [-0.2, -0.15) is 0 Å². The van der Waals surface area contributed by atoms with Crippen molar-refractivity contribution in [3.63, 3.8) is 0 Å². The van der Waals surface area contributed by atoms with E-state index < -0.39 is 0 Å². The van der Waals surface area contributed by atoms with Gasteiger partial charge in [0.25, 0.3) is 0 Å². The van der Waals surface area contributed by atoms with Crippen molar-refractivity contribution < 1.29 is 9.53 Å². The highest BCUT2D eigenvalue weighted by Crippen LogP contribution is 2.24. The fourth-order valence-corrected chi connectivity index (χ4v) is 2.34. The number of rotatable bonds is 8. The number of hydrogen-bond donors (Lipinski definition) is 1. The van der Waals surface area contributed by atoms with E-state index in [1.165, 1.54) is 0 Å². The van der Waals surface area contributed by atoms with E-state index in [2.05, 4.69) is 27.8 Å². The van der Waals surface area contributed by atoms with Gasteiger partial charge >= 0.3 is 0 Å². The molecule has 1 rings (SSSR count). The van der Waals surface area contributed by atoms with Crippen LogP contribution in [0.5, 0.6) is 5.75 Å². The fourth-order valence-electron chi connectivity index (χ4n) is 1.93. The maximum atomic E-state index is 11.1. The second-order valence-electron chi connectivity index (χ2n) is 4.49. The first-order chi connectivity index (χ1) is 9.06. The van der Waals surface area contributed by atoms with Gasteiger partial charge in [0.05, 0.1) is 13.7 Å². The zero-order valence-electron chi connectivity index (χ0n) is 11.5. The zero-order valence-corrected chi connectivity index (χ0v) is 13.1. The molecule has 1 amide bonds. The molecule has 1 aromatic rings. The lowest BCUT2D eigenvalue weighted by atomic mass is 10.1. The Morgan fingerprint density at radius 3 is 2.79 bits per heavy atom. The third kappa shape index (κ3) is 5.61. The number of nitrogens with zero attached hydrogens (tertiary/aromatic N) is 1. The monoisotopic (exact) mass is 328 g/mol. The van der Waals surface area contributed by atoms with Crippen molar-refractivity contribution in [2.24, 2.45) is 5.73 Å². The third-order valence-corrected chi connectivity index (χ3v) is 3.34. The van der Waals surface area contributed by atoms with Crippen LogP contribution < -0.4 is 10.5 Å². The standard InChI is InChI=1S/C14H21BrN2O2/c1-3-4-7-17(10-14(16)18)9-11-8-12(15)5-6-13(11)19-2/h5-6,8H,3-4,7,9-10H2,1-2H3,(H2,16,18). The van der Waals surface area contributed by atoms with Crippen LogP contribution in [0.1, 0.15) is 25.3 Å². The van der Waals surface area contributed by atoms with Crippen LogP contribution in [0.4, 0.5) is 0 Å². The zero-order chi connectivity index (χ0) is 14.3. The number of carbonyl (C=O) groups excluding carboxylic acids is 1. The Bertz CT molecular complexity index is 424. The summed E-state index contributed by atoms with van der Waals surface area (Å²) in [5, 5.41) is 0. The topological polar surface area (TPSA) is 55.6 Å². The van der Waals surface area contributed by atoms with Crippen LogP contribution in [0.15, 0.2) is 22.7 Å². The molecule has 0 unspecified atom stereocenters. The Morgan fingerprint density at radius 2 is 2.21 bits per heavy atom. The molecule has 0 bridgehead atoms. The smallest absolute Gasteiger partial charge is 0.231 e. The second kappa shape index (κ2) is 8.17. The highest BCUT2D eigenvalue weighted by molar-refractivity contribution is 9.10. The van der Waals surface area contributed by atoms with E-state index in [4.69, 9.17) is 10.5 Å².